The number of aromatic nitrogens is 4. The molecular formula is C22H28N8O2. The summed E-state index contributed by atoms with van der Waals surface area (Å²) in [6.45, 7) is 7.33. The van der Waals surface area contributed by atoms with Crippen LogP contribution in [0.15, 0.2) is 24.7 Å². The molecule has 2 aromatic rings. The van der Waals surface area contributed by atoms with Crippen LogP contribution in [-0.4, -0.2) is 56.1 Å². The van der Waals surface area contributed by atoms with Crippen LogP contribution in [0.1, 0.15) is 46.1 Å². The Balaban J connectivity index is 1.44. The number of likely N-dealkylation sites (tertiary alicyclic amines) is 1. The molecule has 0 radical (unpaired) electrons. The zero-order valence-corrected chi connectivity index (χ0v) is 18.7. The maximum atomic E-state index is 13.0. The van der Waals surface area contributed by atoms with Gasteiger partial charge in [0, 0.05) is 39.0 Å². The van der Waals surface area contributed by atoms with E-state index in [1.54, 1.807) is 30.3 Å². The lowest BCUT2D eigenvalue weighted by atomic mass is 9.77. The summed E-state index contributed by atoms with van der Waals surface area (Å²) in [5.74, 6) is 0.677. The molecule has 10 heteroatoms. The number of nitriles is 1. The van der Waals surface area contributed by atoms with Gasteiger partial charge >= 0.3 is 0 Å². The molecule has 0 aliphatic carbocycles. The predicted octanol–water partition coefficient (Wildman–Crippen LogP) is 2.50. The van der Waals surface area contributed by atoms with Gasteiger partial charge < -0.3 is 10.2 Å². The summed E-state index contributed by atoms with van der Waals surface area (Å²) < 4.78 is 1.91. The van der Waals surface area contributed by atoms with E-state index in [1.807, 2.05) is 29.6 Å². The molecule has 2 aliphatic heterocycles. The SMILES string of the molecule is CC(=O)N1CCC(n2cc(Nc3nccc(N4CC[C@@](C#N)(C(C)C)C4=O)n3)cn2)CC1. The van der Waals surface area contributed by atoms with Gasteiger partial charge in [-0.05, 0) is 31.2 Å². The molecule has 0 saturated carbocycles. The first-order valence-corrected chi connectivity index (χ1v) is 11.0. The Morgan fingerprint density at radius 3 is 2.69 bits per heavy atom. The quantitative estimate of drug-likeness (QED) is 0.764. The van der Waals surface area contributed by atoms with Crippen molar-refractivity contribution in [2.75, 3.05) is 29.9 Å². The van der Waals surface area contributed by atoms with Gasteiger partial charge in [-0.15, -0.1) is 0 Å². The Hall–Kier alpha value is -3.48. The van der Waals surface area contributed by atoms with Crippen molar-refractivity contribution in [3.63, 3.8) is 0 Å². The summed E-state index contributed by atoms with van der Waals surface area (Å²) >= 11 is 0. The number of hydrogen-bond acceptors (Lipinski definition) is 7. The van der Waals surface area contributed by atoms with Crippen LogP contribution in [0.25, 0.3) is 0 Å². The second-order valence-corrected chi connectivity index (χ2v) is 8.75. The van der Waals surface area contributed by atoms with E-state index in [4.69, 9.17) is 0 Å². The lowest BCUT2D eigenvalue weighted by Gasteiger charge is -2.31. The molecule has 2 aromatic heterocycles. The highest BCUT2D eigenvalue weighted by molar-refractivity contribution is 6.01. The highest BCUT2D eigenvalue weighted by atomic mass is 16.2. The van der Waals surface area contributed by atoms with Crippen molar-refractivity contribution in [2.45, 2.75) is 46.1 Å². The van der Waals surface area contributed by atoms with Gasteiger partial charge in [0.05, 0.1) is 24.0 Å². The molecule has 1 N–H and O–H groups in total. The topological polar surface area (TPSA) is 120 Å². The van der Waals surface area contributed by atoms with Crippen molar-refractivity contribution < 1.29 is 9.59 Å². The average molecular weight is 437 g/mol. The molecular weight excluding hydrogens is 408 g/mol. The first-order valence-electron chi connectivity index (χ1n) is 11.0. The third-order valence-electron chi connectivity index (χ3n) is 6.60. The molecule has 2 aliphatic rings. The molecule has 1 atom stereocenters. The van der Waals surface area contributed by atoms with Crippen molar-refractivity contribution in [1.82, 2.24) is 24.6 Å². The Morgan fingerprint density at radius 1 is 1.31 bits per heavy atom. The van der Waals surface area contributed by atoms with Crippen LogP contribution in [0.5, 0.6) is 0 Å². The van der Waals surface area contributed by atoms with Gasteiger partial charge in [-0.2, -0.15) is 15.3 Å². The number of anilines is 3. The molecule has 2 amide bonds. The molecule has 0 spiro atoms. The summed E-state index contributed by atoms with van der Waals surface area (Å²) in [6, 6.07) is 4.17. The number of piperidine rings is 1. The van der Waals surface area contributed by atoms with E-state index in [2.05, 4.69) is 26.5 Å². The average Bonchev–Trinajstić information content (AvgIpc) is 3.39. The first-order chi connectivity index (χ1) is 15.3. The smallest absolute Gasteiger partial charge is 0.248 e. The van der Waals surface area contributed by atoms with E-state index >= 15 is 0 Å². The van der Waals surface area contributed by atoms with Crippen LogP contribution in [0.2, 0.25) is 0 Å². The highest BCUT2D eigenvalue weighted by Crippen LogP contribution is 2.40. The van der Waals surface area contributed by atoms with Crippen LogP contribution < -0.4 is 10.2 Å². The fourth-order valence-corrected chi connectivity index (χ4v) is 4.46. The first kappa shape index (κ1) is 21.7. The molecule has 0 bridgehead atoms. The van der Waals surface area contributed by atoms with Gasteiger partial charge in [0.15, 0.2) is 0 Å². The predicted molar refractivity (Wildman–Crippen MR) is 118 cm³/mol. The zero-order chi connectivity index (χ0) is 22.9. The van der Waals surface area contributed by atoms with Gasteiger partial charge in [0.1, 0.15) is 11.2 Å². The Morgan fingerprint density at radius 2 is 2.06 bits per heavy atom. The second kappa shape index (κ2) is 8.57. The van der Waals surface area contributed by atoms with E-state index in [9.17, 15) is 14.9 Å². The Labute approximate surface area is 187 Å². The van der Waals surface area contributed by atoms with Crippen LogP contribution in [0.3, 0.4) is 0 Å². The summed E-state index contributed by atoms with van der Waals surface area (Å²) in [5, 5.41) is 17.3. The zero-order valence-electron chi connectivity index (χ0n) is 18.7. The Bertz CT molecular complexity index is 1050. The third-order valence-corrected chi connectivity index (χ3v) is 6.60. The van der Waals surface area contributed by atoms with Gasteiger partial charge in [0.25, 0.3) is 0 Å². The molecule has 0 unspecified atom stereocenters. The fourth-order valence-electron chi connectivity index (χ4n) is 4.46. The second-order valence-electron chi connectivity index (χ2n) is 8.75. The molecule has 168 valence electrons. The largest absolute Gasteiger partial charge is 0.343 e. The van der Waals surface area contributed by atoms with Crippen LogP contribution in [0.4, 0.5) is 17.5 Å². The summed E-state index contributed by atoms with van der Waals surface area (Å²) in [7, 11) is 0. The number of nitrogens with zero attached hydrogens (tertiary/aromatic N) is 7. The molecule has 2 fully saturated rings. The highest BCUT2D eigenvalue weighted by Gasteiger charge is 2.50. The maximum absolute atomic E-state index is 13.0. The molecule has 32 heavy (non-hydrogen) atoms. The summed E-state index contributed by atoms with van der Waals surface area (Å²) in [5.41, 5.74) is -0.255. The van der Waals surface area contributed by atoms with Crippen LogP contribution in [0, 0.1) is 22.7 Å². The monoisotopic (exact) mass is 436 g/mol. The van der Waals surface area contributed by atoms with E-state index in [0.29, 0.717) is 24.7 Å². The number of rotatable bonds is 5. The summed E-state index contributed by atoms with van der Waals surface area (Å²) in [6.07, 6.45) is 7.43. The minimum absolute atomic E-state index is 0.0717. The standard InChI is InChI=1S/C22H28N8O2/c1-15(2)22(14-23)7-11-29(20(22)32)19-4-8-24-21(27-19)26-17-12-25-30(13-17)18-5-9-28(10-6-18)16(3)31/h4,8,12-13,15,18H,5-7,9-11H2,1-3H3,(H,24,26,27)/t22-/m1/s1. The number of carbonyl (C=O) groups is 2. The number of hydrogen-bond donors (Lipinski definition) is 1. The number of amides is 2. The van der Waals surface area contributed by atoms with Crippen molar-refractivity contribution in [3.8, 4) is 6.07 Å². The lowest BCUT2D eigenvalue weighted by molar-refractivity contribution is -0.130. The normalized spacial score (nSPS) is 21.8. The van der Waals surface area contributed by atoms with Crippen LogP contribution in [-0.2, 0) is 9.59 Å². The Kier molecular flexibility index (Phi) is 5.82. The van der Waals surface area contributed by atoms with Crippen molar-refractivity contribution in [1.29, 1.82) is 5.26 Å². The van der Waals surface area contributed by atoms with Gasteiger partial charge in [0.2, 0.25) is 17.8 Å². The van der Waals surface area contributed by atoms with Gasteiger partial charge in [-0.1, -0.05) is 13.8 Å². The third kappa shape index (κ3) is 3.90. The lowest BCUT2D eigenvalue weighted by Crippen LogP contribution is -2.37. The van der Waals surface area contributed by atoms with Crippen LogP contribution >= 0.6 is 0 Å². The van der Waals surface area contributed by atoms with Crippen molar-refractivity contribution in [2.24, 2.45) is 11.3 Å². The van der Waals surface area contributed by atoms with Gasteiger partial charge in [-0.25, -0.2) is 4.98 Å². The summed E-state index contributed by atoms with van der Waals surface area (Å²) in [4.78, 5) is 36.7. The van der Waals surface area contributed by atoms with E-state index in [0.717, 1.165) is 31.6 Å². The molecule has 2 saturated heterocycles. The van der Waals surface area contributed by atoms with Gasteiger partial charge in [-0.3, -0.25) is 19.2 Å². The van der Waals surface area contributed by atoms with E-state index in [1.165, 1.54) is 0 Å². The van der Waals surface area contributed by atoms with E-state index in [-0.39, 0.29) is 23.8 Å². The molecule has 4 heterocycles. The van der Waals surface area contributed by atoms with Crippen molar-refractivity contribution >= 4 is 29.3 Å². The minimum atomic E-state index is -1.00. The number of carbonyl (C=O) groups excluding carboxylic acids is 2. The fraction of sp³-hybridized carbons (Fsp3) is 0.545. The maximum Gasteiger partial charge on any atom is 0.248 e. The molecule has 10 nitrogen and oxygen atoms in total. The molecule has 0 aromatic carbocycles. The number of nitrogens with one attached hydrogen (secondary N) is 1. The van der Waals surface area contributed by atoms with E-state index < -0.39 is 5.41 Å². The minimum Gasteiger partial charge on any atom is -0.343 e. The molecule has 4 rings (SSSR count). The van der Waals surface area contributed by atoms with Crippen molar-refractivity contribution in [3.05, 3.63) is 24.7 Å².